The van der Waals surface area contributed by atoms with Crippen molar-refractivity contribution in [3.05, 3.63) is 94.2 Å². The Morgan fingerprint density at radius 1 is 0.846 bits per heavy atom. The van der Waals surface area contributed by atoms with Gasteiger partial charge in [-0.25, -0.2) is 4.98 Å². The lowest BCUT2D eigenvalue weighted by Gasteiger charge is -2.11. The van der Waals surface area contributed by atoms with E-state index in [-0.39, 0.29) is 0 Å². The molecule has 0 amide bonds. The summed E-state index contributed by atoms with van der Waals surface area (Å²) in [6.07, 6.45) is 0. The van der Waals surface area contributed by atoms with Gasteiger partial charge in [0, 0.05) is 16.6 Å². The Morgan fingerprint density at radius 3 is 2.35 bits per heavy atom. The number of fused-ring (bicyclic) bond motifs is 1. The number of hydrogen-bond acceptors (Lipinski definition) is 2. The molecule has 1 heterocycles. The SMILES string of the molecule is Clc1ccc(OCc2nc3ccc(Cl)cc3n2Cc2ccccc2)cc1. The summed E-state index contributed by atoms with van der Waals surface area (Å²) in [5.74, 6) is 1.60. The summed E-state index contributed by atoms with van der Waals surface area (Å²) in [7, 11) is 0. The van der Waals surface area contributed by atoms with Gasteiger partial charge in [0.2, 0.25) is 0 Å². The van der Waals surface area contributed by atoms with Gasteiger partial charge in [0.15, 0.2) is 0 Å². The average Bonchev–Trinajstić information content (AvgIpc) is 2.99. The van der Waals surface area contributed by atoms with Gasteiger partial charge in [0.1, 0.15) is 18.2 Å². The van der Waals surface area contributed by atoms with Crippen LogP contribution in [-0.4, -0.2) is 9.55 Å². The molecule has 4 aromatic rings. The maximum atomic E-state index is 6.21. The highest BCUT2D eigenvalue weighted by atomic mass is 35.5. The van der Waals surface area contributed by atoms with Crippen LogP contribution in [0.2, 0.25) is 10.0 Å². The van der Waals surface area contributed by atoms with Crippen LogP contribution >= 0.6 is 23.2 Å². The van der Waals surface area contributed by atoms with E-state index in [1.54, 1.807) is 0 Å². The van der Waals surface area contributed by atoms with Crippen molar-refractivity contribution >= 4 is 34.2 Å². The first-order valence-corrected chi connectivity index (χ1v) is 9.01. The zero-order chi connectivity index (χ0) is 17.9. The van der Waals surface area contributed by atoms with Gasteiger partial charge in [-0.15, -0.1) is 0 Å². The summed E-state index contributed by atoms with van der Waals surface area (Å²) in [6.45, 7) is 1.07. The number of rotatable bonds is 5. The summed E-state index contributed by atoms with van der Waals surface area (Å²) in [5, 5.41) is 1.38. The van der Waals surface area contributed by atoms with Gasteiger partial charge in [-0.1, -0.05) is 53.5 Å². The lowest BCUT2D eigenvalue weighted by molar-refractivity contribution is 0.291. The van der Waals surface area contributed by atoms with E-state index in [4.69, 9.17) is 32.9 Å². The van der Waals surface area contributed by atoms with E-state index in [2.05, 4.69) is 16.7 Å². The molecule has 0 bridgehead atoms. The van der Waals surface area contributed by atoms with Gasteiger partial charge < -0.3 is 9.30 Å². The van der Waals surface area contributed by atoms with Crippen LogP contribution in [0.4, 0.5) is 0 Å². The second-order valence-corrected chi connectivity index (χ2v) is 6.85. The highest BCUT2D eigenvalue weighted by Gasteiger charge is 2.12. The first kappa shape index (κ1) is 17.0. The molecule has 3 aromatic carbocycles. The Hall–Kier alpha value is -2.49. The molecule has 0 aliphatic rings. The number of nitrogens with zero attached hydrogens (tertiary/aromatic N) is 2. The van der Waals surface area contributed by atoms with Gasteiger partial charge in [-0.3, -0.25) is 0 Å². The number of ether oxygens (including phenoxy) is 1. The van der Waals surface area contributed by atoms with Crippen molar-refractivity contribution in [2.45, 2.75) is 13.2 Å². The molecule has 0 fully saturated rings. The number of halogens is 2. The highest BCUT2D eigenvalue weighted by molar-refractivity contribution is 6.31. The minimum Gasteiger partial charge on any atom is -0.486 e. The Labute approximate surface area is 161 Å². The molecule has 4 rings (SSSR count). The fraction of sp³-hybridized carbons (Fsp3) is 0.0952. The topological polar surface area (TPSA) is 27.1 Å². The molecule has 0 aliphatic heterocycles. The van der Waals surface area contributed by atoms with Crippen LogP contribution in [0.1, 0.15) is 11.4 Å². The van der Waals surface area contributed by atoms with E-state index in [9.17, 15) is 0 Å². The van der Waals surface area contributed by atoms with Crippen LogP contribution in [0.3, 0.4) is 0 Å². The number of aromatic nitrogens is 2. The van der Waals surface area contributed by atoms with Crippen molar-refractivity contribution < 1.29 is 4.74 Å². The minimum absolute atomic E-state index is 0.362. The Kier molecular flexibility index (Phi) is 4.83. The van der Waals surface area contributed by atoms with Crippen LogP contribution in [-0.2, 0) is 13.2 Å². The van der Waals surface area contributed by atoms with E-state index in [1.165, 1.54) is 5.56 Å². The number of benzene rings is 3. The predicted octanol–water partition coefficient (Wildman–Crippen LogP) is 5.97. The van der Waals surface area contributed by atoms with Crippen molar-refractivity contribution in [1.29, 1.82) is 0 Å². The first-order chi connectivity index (χ1) is 12.7. The maximum Gasteiger partial charge on any atom is 0.148 e. The molecule has 0 unspecified atom stereocenters. The van der Waals surface area contributed by atoms with E-state index < -0.39 is 0 Å². The normalized spacial score (nSPS) is 11.0. The Morgan fingerprint density at radius 2 is 1.58 bits per heavy atom. The standard InChI is InChI=1S/C21H16Cl2N2O/c22-16-6-9-18(10-7-16)26-14-21-24-19-11-8-17(23)12-20(19)25(21)13-15-4-2-1-3-5-15/h1-12H,13-14H2. The lowest BCUT2D eigenvalue weighted by Crippen LogP contribution is -2.08. The van der Waals surface area contributed by atoms with Gasteiger partial charge >= 0.3 is 0 Å². The van der Waals surface area contributed by atoms with Crippen molar-refractivity contribution in [3.63, 3.8) is 0 Å². The summed E-state index contributed by atoms with van der Waals surface area (Å²) in [4.78, 5) is 4.74. The van der Waals surface area contributed by atoms with Crippen LogP contribution in [0.5, 0.6) is 5.75 Å². The second-order valence-electron chi connectivity index (χ2n) is 5.98. The molecule has 0 saturated carbocycles. The second kappa shape index (κ2) is 7.40. The molecular weight excluding hydrogens is 367 g/mol. The summed E-state index contributed by atoms with van der Waals surface area (Å²) >= 11 is 12.1. The zero-order valence-corrected chi connectivity index (χ0v) is 15.4. The lowest BCUT2D eigenvalue weighted by atomic mass is 10.2. The molecule has 0 radical (unpaired) electrons. The third-order valence-corrected chi connectivity index (χ3v) is 4.64. The molecule has 1 aromatic heterocycles. The predicted molar refractivity (Wildman–Crippen MR) is 106 cm³/mol. The van der Waals surface area contributed by atoms with Crippen molar-refractivity contribution in [2.24, 2.45) is 0 Å². The van der Waals surface area contributed by atoms with E-state index in [1.807, 2.05) is 60.7 Å². The molecule has 0 N–H and O–H groups in total. The largest absolute Gasteiger partial charge is 0.486 e. The van der Waals surface area contributed by atoms with E-state index >= 15 is 0 Å². The molecular formula is C21H16Cl2N2O. The molecule has 26 heavy (non-hydrogen) atoms. The minimum atomic E-state index is 0.362. The van der Waals surface area contributed by atoms with Crippen LogP contribution in [0.25, 0.3) is 11.0 Å². The molecule has 5 heteroatoms. The first-order valence-electron chi connectivity index (χ1n) is 8.26. The average molecular weight is 383 g/mol. The zero-order valence-electron chi connectivity index (χ0n) is 13.9. The Bertz CT molecular complexity index is 1030. The Balaban J connectivity index is 1.68. The summed E-state index contributed by atoms with van der Waals surface area (Å²) in [5.41, 5.74) is 3.09. The fourth-order valence-corrected chi connectivity index (χ4v) is 3.17. The molecule has 0 saturated heterocycles. The van der Waals surface area contributed by atoms with Gasteiger partial charge in [-0.2, -0.15) is 0 Å². The third-order valence-electron chi connectivity index (χ3n) is 4.15. The van der Waals surface area contributed by atoms with E-state index in [0.717, 1.165) is 22.6 Å². The highest BCUT2D eigenvalue weighted by Crippen LogP contribution is 2.23. The third kappa shape index (κ3) is 3.69. The maximum absolute atomic E-state index is 6.21. The van der Waals surface area contributed by atoms with Crippen molar-refractivity contribution in [2.75, 3.05) is 0 Å². The van der Waals surface area contributed by atoms with Gasteiger partial charge in [0.25, 0.3) is 0 Å². The van der Waals surface area contributed by atoms with Crippen molar-refractivity contribution in [3.8, 4) is 5.75 Å². The van der Waals surface area contributed by atoms with Crippen LogP contribution in [0.15, 0.2) is 72.8 Å². The monoisotopic (exact) mass is 382 g/mol. The molecule has 130 valence electrons. The number of imidazole rings is 1. The summed E-state index contributed by atoms with van der Waals surface area (Å²) in [6, 6.07) is 23.3. The van der Waals surface area contributed by atoms with Crippen LogP contribution in [0, 0.1) is 0 Å². The van der Waals surface area contributed by atoms with E-state index in [0.29, 0.717) is 23.2 Å². The summed E-state index contributed by atoms with van der Waals surface area (Å²) < 4.78 is 8.06. The smallest absolute Gasteiger partial charge is 0.148 e. The quantitative estimate of drug-likeness (QED) is 0.425. The molecule has 3 nitrogen and oxygen atoms in total. The number of hydrogen-bond donors (Lipinski definition) is 0. The molecule has 0 spiro atoms. The van der Waals surface area contributed by atoms with Gasteiger partial charge in [-0.05, 0) is 48.0 Å². The van der Waals surface area contributed by atoms with Crippen LogP contribution < -0.4 is 4.74 Å². The molecule has 0 aliphatic carbocycles. The molecule has 0 atom stereocenters. The van der Waals surface area contributed by atoms with Gasteiger partial charge in [0.05, 0.1) is 11.0 Å². The fourth-order valence-electron chi connectivity index (χ4n) is 2.88. The van der Waals surface area contributed by atoms with Crippen molar-refractivity contribution in [1.82, 2.24) is 9.55 Å².